The highest BCUT2D eigenvalue weighted by Crippen LogP contribution is 2.16. The summed E-state index contributed by atoms with van der Waals surface area (Å²) in [5.74, 6) is -0.762. The Morgan fingerprint density at radius 1 is 1.50 bits per heavy atom. The van der Waals surface area contributed by atoms with Crippen LogP contribution in [0.5, 0.6) is 0 Å². The van der Waals surface area contributed by atoms with Gasteiger partial charge in [-0.3, -0.25) is 4.79 Å². The molecule has 3 heteroatoms. The first-order valence-electron chi connectivity index (χ1n) is 4.93. The SMILES string of the molecule is CCCn1c(C)cc(CC(=O)O)c1C. The number of carboxylic acid groups (broad SMARTS) is 1. The minimum absolute atomic E-state index is 0.128. The fraction of sp³-hybridized carbons (Fsp3) is 0.545. The molecule has 14 heavy (non-hydrogen) atoms. The summed E-state index contributed by atoms with van der Waals surface area (Å²) in [5, 5.41) is 8.71. The maximum Gasteiger partial charge on any atom is 0.307 e. The van der Waals surface area contributed by atoms with Gasteiger partial charge in [-0.2, -0.15) is 0 Å². The largest absolute Gasteiger partial charge is 0.481 e. The van der Waals surface area contributed by atoms with Crippen molar-refractivity contribution in [2.45, 2.75) is 40.2 Å². The molecule has 0 saturated heterocycles. The van der Waals surface area contributed by atoms with E-state index in [0.717, 1.165) is 29.9 Å². The summed E-state index contributed by atoms with van der Waals surface area (Å²) in [6, 6.07) is 1.97. The van der Waals surface area contributed by atoms with Crippen LogP contribution in [0.1, 0.15) is 30.3 Å². The van der Waals surface area contributed by atoms with Crippen molar-refractivity contribution in [2.24, 2.45) is 0 Å². The molecular formula is C11H17NO2. The quantitative estimate of drug-likeness (QED) is 0.799. The Kier molecular flexibility index (Phi) is 3.33. The van der Waals surface area contributed by atoms with Gasteiger partial charge in [0.25, 0.3) is 0 Å². The van der Waals surface area contributed by atoms with E-state index in [4.69, 9.17) is 5.11 Å². The number of carboxylic acids is 1. The maximum atomic E-state index is 10.6. The van der Waals surface area contributed by atoms with Gasteiger partial charge in [0.2, 0.25) is 0 Å². The number of rotatable bonds is 4. The van der Waals surface area contributed by atoms with Crippen LogP contribution in [0.3, 0.4) is 0 Å². The van der Waals surface area contributed by atoms with E-state index in [1.807, 2.05) is 19.9 Å². The van der Waals surface area contributed by atoms with Crippen molar-refractivity contribution >= 4 is 5.97 Å². The monoisotopic (exact) mass is 195 g/mol. The van der Waals surface area contributed by atoms with Gasteiger partial charge in [0, 0.05) is 17.9 Å². The summed E-state index contributed by atoms with van der Waals surface area (Å²) in [6.07, 6.45) is 1.20. The third-order valence-corrected chi connectivity index (χ3v) is 2.47. The first kappa shape index (κ1) is 10.8. The zero-order valence-corrected chi connectivity index (χ0v) is 9.00. The molecule has 0 fully saturated rings. The highest BCUT2D eigenvalue weighted by Gasteiger charge is 2.10. The highest BCUT2D eigenvalue weighted by molar-refractivity contribution is 5.70. The Bertz CT molecular complexity index is 339. The van der Waals surface area contributed by atoms with Crippen molar-refractivity contribution in [3.63, 3.8) is 0 Å². The van der Waals surface area contributed by atoms with Crippen LogP contribution in [0.15, 0.2) is 6.07 Å². The van der Waals surface area contributed by atoms with Gasteiger partial charge >= 0.3 is 5.97 Å². The van der Waals surface area contributed by atoms with Crippen LogP contribution in [0.25, 0.3) is 0 Å². The predicted molar refractivity (Wildman–Crippen MR) is 55.5 cm³/mol. The second-order valence-electron chi connectivity index (χ2n) is 3.62. The van der Waals surface area contributed by atoms with Crippen molar-refractivity contribution in [3.8, 4) is 0 Å². The first-order chi connectivity index (χ1) is 6.56. The van der Waals surface area contributed by atoms with Gasteiger partial charge in [0.15, 0.2) is 0 Å². The van der Waals surface area contributed by atoms with Gasteiger partial charge in [-0.25, -0.2) is 0 Å². The molecule has 0 spiro atoms. The highest BCUT2D eigenvalue weighted by atomic mass is 16.4. The van der Waals surface area contributed by atoms with E-state index < -0.39 is 5.97 Å². The molecule has 1 heterocycles. The fourth-order valence-electron chi connectivity index (χ4n) is 1.78. The second kappa shape index (κ2) is 4.31. The minimum Gasteiger partial charge on any atom is -0.481 e. The number of hydrogen-bond donors (Lipinski definition) is 1. The maximum absolute atomic E-state index is 10.6. The molecule has 3 nitrogen and oxygen atoms in total. The van der Waals surface area contributed by atoms with E-state index in [-0.39, 0.29) is 6.42 Å². The van der Waals surface area contributed by atoms with Crippen LogP contribution in [-0.2, 0) is 17.8 Å². The summed E-state index contributed by atoms with van der Waals surface area (Å²) in [4.78, 5) is 10.6. The third-order valence-electron chi connectivity index (χ3n) is 2.47. The summed E-state index contributed by atoms with van der Waals surface area (Å²) < 4.78 is 2.18. The topological polar surface area (TPSA) is 42.2 Å². The fourth-order valence-corrected chi connectivity index (χ4v) is 1.78. The molecule has 0 aromatic carbocycles. The Hall–Kier alpha value is -1.25. The smallest absolute Gasteiger partial charge is 0.307 e. The van der Waals surface area contributed by atoms with Gasteiger partial charge in [-0.15, -0.1) is 0 Å². The van der Waals surface area contributed by atoms with Crippen LogP contribution in [0.4, 0.5) is 0 Å². The van der Waals surface area contributed by atoms with Gasteiger partial charge < -0.3 is 9.67 Å². The van der Waals surface area contributed by atoms with Crippen LogP contribution in [-0.4, -0.2) is 15.6 Å². The Morgan fingerprint density at radius 2 is 2.14 bits per heavy atom. The zero-order valence-electron chi connectivity index (χ0n) is 9.00. The van der Waals surface area contributed by atoms with Gasteiger partial charge in [-0.1, -0.05) is 6.92 Å². The molecular weight excluding hydrogens is 178 g/mol. The van der Waals surface area contributed by atoms with E-state index in [1.165, 1.54) is 0 Å². The predicted octanol–water partition coefficient (Wildman–Crippen LogP) is 2.14. The average Bonchev–Trinajstić information content (AvgIpc) is 2.32. The van der Waals surface area contributed by atoms with E-state index in [2.05, 4.69) is 11.5 Å². The molecule has 0 aliphatic rings. The molecule has 0 amide bonds. The van der Waals surface area contributed by atoms with Gasteiger partial charge in [0.05, 0.1) is 6.42 Å². The molecule has 1 N–H and O–H groups in total. The second-order valence-corrected chi connectivity index (χ2v) is 3.62. The number of carbonyl (C=O) groups is 1. The summed E-state index contributed by atoms with van der Waals surface area (Å²) >= 11 is 0. The summed E-state index contributed by atoms with van der Waals surface area (Å²) in [7, 11) is 0. The van der Waals surface area contributed by atoms with Crippen LogP contribution < -0.4 is 0 Å². The molecule has 78 valence electrons. The number of aliphatic carboxylic acids is 1. The van der Waals surface area contributed by atoms with Crippen LogP contribution >= 0.6 is 0 Å². The Balaban J connectivity index is 2.97. The lowest BCUT2D eigenvalue weighted by Crippen LogP contribution is -2.04. The Labute approximate surface area is 84.4 Å². The molecule has 0 aliphatic carbocycles. The first-order valence-corrected chi connectivity index (χ1v) is 4.93. The molecule has 0 atom stereocenters. The number of aromatic nitrogens is 1. The molecule has 0 radical (unpaired) electrons. The van der Waals surface area contributed by atoms with Crippen molar-refractivity contribution in [1.29, 1.82) is 0 Å². The lowest BCUT2D eigenvalue weighted by molar-refractivity contribution is -0.136. The van der Waals surface area contributed by atoms with E-state index in [1.54, 1.807) is 0 Å². The van der Waals surface area contributed by atoms with E-state index >= 15 is 0 Å². The zero-order chi connectivity index (χ0) is 10.7. The number of aryl methyl sites for hydroxylation is 1. The molecule has 1 rings (SSSR count). The third kappa shape index (κ3) is 2.16. The van der Waals surface area contributed by atoms with Gasteiger partial charge in [0.1, 0.15) is 0 Å². The van der Waals surface area contributed by atoms with Crippen molar-refractivity contribution in [2.75, 3.05) is 0 Å². The summed E-state index contributed by atoms with van der Waals surface area (Å²) in [5.41, 5.74) is 3.18. The molecule has 0 saturated carbocycles. The van der Waals surface area contributed by atoms with E-state index in [9.17, 15) is 4.79 Å². The summed E-state index contributed by atoms with van der Waals surface area (Å²) in [6.45, 7) is 7.10. The molecule has 1 aromatic rings. The molecule has 0 bridgehead atoms. The standard InChI is InChI=1S/C11H17NO2/c1-4-5-12-8(2)6-10(9(12)3)7-11(13)14/h6H,4-5,7H2,1-3H3,(H,13,14). The number of nitrogens with zero attached hydrogens (tertiary/aromatic N) is 1. The molecule has 1 aromatic heterocycles. The van der Waals surface area contributed by atoms with Crippen molar-refractivity contribution < 1.29 is 9.90 Å². The Morgan fingerprint density at radius 3 is 2.64 bits per heavy atom. The molecule has 0 aliphatic heterocycles. The lowest BCUT2D eigenvalue weighted by Gasteiger charge is -2.07. The van der Waals surface area contributed by atoms with E-state index in [0.29, 0.717) is 0 Å². The normalized spacial score (nSPS) is 10.5. The van der Waals surface area contributed by atoms with Crippen LogP contribution in [0, 0.1) is 13.8 Å². The van der Waals surface area contributed by atoms with Crippen molar-refractivity contribution in [3.05, 3.63) is 23.0 Å². The lowest BCUT2D eigenvalue weighted by atomic mass is 10.2. The average molecular weight is 195 g/mol. The van der Waals surface area contributed by atoms with Crippen molar-refractivity contribution in [1.82, 2.24) is 4.57 Å². The molecule has 0 unspecified atom stereocenters. The van der Waals surface area contributed by atoms with Gasteiger partial charge in [-0.05, 0) is 31.9 Å². The van der Waals surface area contributed by atoms with Crippen LogP contribution in [0.2, 0.25) is 0 Å². The minimum atomic E-state index is -0.762. The number of hydrogen-bond acceptors (Lipinski definition) is 1.